The summed E-state index contributed by atoms with van der Waals surface area (Å²) in [6, 6.07) is 0. The van der Waals surface area contributed by atoms with Crippen molar-refractivity contribution < 1.29 is 89.7 Å². The van der Waals surface area contributed by atoms with Crippen molar-refractivity contribution in [3.63, 3.8) is 0 Å². The van der Waals surface area contributed by atoms with Gasteiger partial charge in [0, 0.05) is 0 Å². The van der Waals surface area contributed by atoms with Crippen LogP contribution in [0.2, 0.25) is 0 Å². The van der Waals surface area contributed by atoms with E-state index in [1.54, 1.807) is 0 Å². The Balaban J connectivity index is -0.0000000457. The van der Waals surface area contributed by atoms with Gasteiger partial charge in [-0.2, -0.15) is 0 Å². The molecule has 0 aliphatic carbocycles. The quantitative estimate of drug-likeness (QED) is 0.191. The summed E-state index contributed by atoms with van der Waals surface area (Å²) in [7, 11) is -9.47. The molecule has 9 nitrogen and oxygen atoms in total. The molecule has 0 fully saturated rings. The molecule has 10 N–H and O–H groups in total. The number of rotatable bonds is 0. The van der Waals surface area contributed by atoms with Gasteiger partial charge in [0.2, 0.25) is 0 Å². The fraction of sp³-hybridized carbons (Fsp3) is 0. The number of hydrogen-bond donors (Lipinski definition) is 8. The molecule has 0 radical (unpaired) electrons. The van der Waals surface area contributed by atoms with Crippen LogP contribution in [0.5, 0.6) is 0 Å². The van der Waals surface area contributed by atoms with E-state index in [-0.39, 0.29) is 57.5 Å². The monoisotopic (exact) mass is 247 g/mol. The van der Waals surface area contributed by atoms with Gasteiger partial charge in [-0.25, -0.2) is 0 Å². The van der Waals surface area contributed by atoms with Crippen molar-refractivity contribution in [3.05, 3.63) is 0 Å². The van der Waals surface area contributed by atoms with E-state index in [1.807, 2.05) is 0 Å². The van der Waals surface area contributed by atoms with E-state index >= 15 is 0 Å². The van der Waals surface area contributed by atoms with Crippen LogP contribution in [-0.2, 0) is 0 Å². The summed E-state index contributed by atoms with van der Waals surface area (Å²) in [6.45, 7) is 0. The molecule has 0 rings (SSSR count). The zero-order valence-electron chi connectivity index (χ0n) is 6.25. The molecule has 0 amide bonds. The van der Waals surface area contributed by atoms with Gasteiger partial charge in [0.25, 0.3) is 0 Å². The first-order valence-electron chi connectivity index (χ1n) is 1.77. The first kappa shape index (κ1) is 23.5. The van der Waals surface area contributed by atoms with Gasteiger partial charge in [0.1, 0.15) is 0 Å². The molecule has 0 aliphatic heterocycles. The molecule has 0 saturated carbocycles. The van der Waals surface area contributed by atoms with Crippen molar-refractivity contribution in [2.45, 2.75) is 0 Å². The minimum Gasteiger partial charge on any atom is -0.794 e. The van der Waals surface area contributed by atoms with Gasteiger partial charge in [0.05, 0.1) is 0 Å². The molecule has 0 unspecified atom stereocenters. The summed E-state index contributed by atoms with van der Waals surface area (Å²) in [6.07, 6.45) is 0. The van der Waals surface area contributed by atoms with Crippen LogP contribution in [0.4, 0.5) is 0 Å². The van der Waals surface area contributed by atoms with Crippen LogP contribution in [0.15, 0.2) is 0 Å². The predicted octanol–water partition coefficient (Wildman–Crippen LogP) is -8.68. The second-order valence-corrected chi connectivity index (χ2v) is 3.52. The van der Waals surface area contributed by atoms with E-state index in [0.717, 1.165) is 0 Å². The van der Waals surface area contributed by atoms with Crippen molar-refractivity contribution in [2.24, 2.45) is 0 Å². The molecule has 0 aromatic heterocycles. The van der Waals surface area contributed by atoms with Gasteiger partial charge >= 0.3 is 69.5 Å². The molecule has 0 aliphatic rings. The fourth-order valence-electron chi connectivity index (χ4n) is 0. The van der Waals surface area contributed by atoms with Crippen LogP contribution >= 0.6 is 0 Å². The maximum atomic E-state index is 8.91. The molecule has 0 bridgehead atoms. The summed E-state index contributed by atoms with van der Waals surface area (Å²) >= 11 is 0. The summed E-state index contributed by atoms with van der Waals surface area (Å²) < 4.78 is 0. The molecular formula is H10KNO8Si2. The van der Waals surface area contributed by atoms with Crippen molar-refractivity contribution in [1.82, 2.24) is 6.15 Å². The summed E-state index contributed by atoms with van der Waals surface area (Å²) in [4.78, 5) is 59.9. The fourth-order valence-corrected chi connectivity index (χ4v) is 0. The zero-order valence-corrected chi connectivity index (χ0v) is 11.4. The summed E-state index contributed by atoms with van der Waals surface area (Å²) in [5.41, 5.74) is 0. The normalized spacial score (nSPS) is 10.0. The molecule has 0 saturated heterocycles. The van der Waals surface area contributed by atoms with Gasteiger partial charge in [0.15, 0.2) is 0 Å². The van der Waals surface area contributed by atoms with Gasteiger partial charge in [-0.15, -0.1) is 0 Å². The van der Waals surface area contributed by atoms with E-state index < -0.39 is 18.1 Å². The minimum absolute atomic E-state index is 0. The van der Waals surface area contributed by atoms with Crippen LogP contribution in [0.3, 0.4) is 0 Å². The average Bonchev–Trinajstić information content (AvgIpc) is 1.12. The second kappa shape index (κ2) is 9.27. The maximum Gasteiger partial charge on any atom is 1.00 e. The third-order valence-electron chi connectivity index (χ3n) is 0. The standard InChI is InChI=1S/K.H3N.H4O4Si.H3O4Si/c;;2*1-5(2,3)4/h;1H3;1-4H;1-3H/q+1;;;-1. The first-order chi connectivity index (χ1) is 4.00. The van der Waals surface area contributed by atoms with Crippen molar-refractivity contribution in [1.29, 1.82) is 0 Å². The molecule has 0 aromatic rings. The largest absolute Gasteiger partial charge is 1.00 e. The molecule has 12 heavy (non-hydrogen) atoms. The molecule has 0 aromatic carbocycles. The molecule has 72 valence electrons. The Labute approximate surface area is 113 Å². The van der Waals surface area contributed by atoms with E-state index in [0.29, 0.717) is 0 Å². The Bertz CT molecular complexity index is 60.0. The predicted molar refractivity (Wildman–Crippen MR) is 32.1 cm³/mol. The Kier molecular flexibility index (Phi) is 18.2. The number of hydrogen-bond acceptors (Lipinski definition) is 9. The van der Waals surface area contributed by atoms with Crippen LogP contribution in [-0.4, -0.2) is 51.7 Å². The SMILES string of the molecule is N.O[Si](O)(O)O.[K+].[O-][Si](O)(O)O. The van der Waals surface area contributed by atoms with E-state index in [9.17, 15) is 0 Å². The van der Waals surface area contributed by atoms with Crippen molar-refractivity contribution in [3.8, 4) is 0 Å². The molecule has 0 atom stereocenters. The Morgan fingerprint density at radius 1 is 0.750 bits per heavy atom. The minimum atomic E-state index is -4.86. The Hall–Kier alpha value is 1.71. The van der Waals surface area contributed by atoms with Gasteiger partial charge in [-0.1, -0.05) is 0 Å². The first-order valence-corrected chi connectivity index (χ1v) is 5.31. The molecule has 12 heteroatoms. The average molecular weight is 247 g/mol. The van der Waals surface area contributed by atoms with E-state index in [1.165, 1.54) is 0 Å². The van der Waals surface area contributed by atoms with Gasteiger partial charge in [-0.05, 0) is 0 Å². The van der Waals surface area contributed by atoms with Crippen molar-refractivity contribution in [2.75, 3.05) is 0 Å². The van der Waals surface area contributed by atoms with Crippen LogP contribution < -0.4 is 62.3 Å². The van der Waals surface area contributed by atoms with E-state index in [2.05, 4.69) is 0 Å². The Morgan fingerprint density at radius 2 is 0.750 bits per heavy atom. The smallest absolute Gasteiger partial charge is 0.794 e. The van der Waals surface area contributed by atoms with Crippen molar-refractivity contribution >= 4 is 18.1 Å². The van der Waals surface area contributed by atoms with Gasteiger partial charge < -0.3 is 44.5 Å². The van der Waals surface area contributed by atoms with Crippen LogP contribution in [0.25, 0.3) is 0 Å². The van der Waals surface area contributed by atoms with Crippen LogP contribution in [0.1, 0.15) is 0 Å². The van der Waals surface area contributed by atoms with Gasteiger partial charge in [-0.3, -0.25) is 0 Å². The maximum absolute atomic E-state index is 8.91. The molecule has 0 heterocycles. The third kappa shape index (κ3) is 459. The van der Waals surface area contributed by atoms with E-state index in [4.69, 9.17) is 38.4 Å². The second-order valence-electron chi connectivity index (χ2n) is 1.17. The third-order valence-corrected chi connectivity index (χ3v) is 0. The topological polar surface area (TPSA) is 200 Å². The molecular weight excluding hydrogens is 237 g/mol. The van der Waals surface area contributed by atoms with Crippen LogP contribution in [0, 0.1) is 0 Å². The zero-order chi connectivity index (χ0) is 9.00. The summed E-state index contributed by atoms with van der Waals surface area (Å²) in [5, 5.41) is 0. The molecule has 0 spiro atoms. The Morgan fingerprint density at radius 3 is 0.750 bits per heavy atom. The summed E-state index contributed by atoms with van der Waals surface area (Å²) in [5.74, 6) is 0.